The van der Waals surface area contributed by atoms with E-state index in [-0.39, 0.29) is 6.04 Å². The third-order valence-electron chi connectivity index (χ3n) is 3.58. The smallest absolute Gasteiger partial charge is 0.160 e. The molecule has 1 atom stereocenters. The van der Waals surface area contributed by atoms with Gasteiger partial charge in [0, 0.05) is 23.0 Å². The predicted octanol–water partition coefficient (Wildman–Crippen LogP) is 4.58. The summed E-state index contributed by atoms with van der Waals surface area (Å²) in [5.74, 6) is 1.53. The van der Waals surface area contributed by atoms with E-state index in [1.54, 1.807) is 6.20 Å². The van der Waals surface area contributed by atoms with Gasteiger partial charge >= 0.3 is 0 Å². The lowest BCUT2D eigenvalue weighted by Gasteiger charge is -2.17. The molecule has 0 saturated carbocycles. The molecule has 1 aromatic carbocycles. The first-order valence-electron chi connectivity index (χ1n) is 6.84. The Hall–Kier alpha value is -1.39. The molecule has 0 aliphatic carbocycles. The summed E-state index contributed by atoms with van der Waals surface area (Å²) < 4.78 is 3.26. The Labute approximate surface area is 137 Å². The van der Waals surface area contributed by atoms with Crippen molar-refractivity contribution in [2.45, 2.75) is 19.4 Å². The van der Waals surface area contributed by atoms with Crippen molar-refractivity contribution < 1.29 is 0 Å². The van der Waals surface area contributed by atoms with Crippen LogP contribution in [0.1, 0.15) is 24.4 Å². The number of pyridine rings is 1. The fourth-order valence-corrected chi connectivity index (χ4v) is 2.97. The second kappa shape index (κ2) is 6.16. The highest BCUT2D eigenvalue weighted by molar-refractivity contribution is 9.10. The maximum atomic E-state index is 5.93. The summed E-state index contributed by atoms with van der Waals surface area (Å²) in [6.07, 6.45) is 2.54. The zero-order valence-electron chi connectivity index (χ0n) is 11.6. The Morgan fingerprint density at radius 3 is 2.71 bits per heavy atom. The van der Waals surface area contributed by atoms with Crippen LogP contribution in [0, 0.1) is 0 Å². The van der Waals surface area contributed by atoms with Crippen molar-refractivity contribution in [1.29, 1.82) is 0 Å². The molecule has 0 fully saturated rings. The number of aromatic nitrogens is 3. The normalized spacial score (nSPS) is 12.7. The van der Waals surface area contributed by atoms with Gasteiger partial charge in [-0.25, -0.2) is 9.97 Å². The van der Waals surface area contributed by atoms with Crippen LogP contribution in [0.25, 0.3) is 11.2 Å². The summed E-state index contributed by atoms with van der Waals surface area (Å²) in [4.78, 5) is 9.17. The molecule has 0 saturated heterocycles. The van der Waals surface area contributed by atoms with E-state index in [1.807, 2.05) is 12.1 Å². The summed E-state index contributed by atoms with van der Waals surface area (Å²) >= 11 is 9.40. The van der Waals surface area contributed by atoms with E-state index < -0.39 is 0 Å². The lowest BCUT2D eigenvalue weighted by Crippen LogP contribution is -2.11. The molecule has 21 heavy (non-hydrogen) atoms. The number of fused-ring (bicyclic) bond motifs is 1. The summed E-state index contributed by atoms with van der Waals surface area (Å²) in [6, 6.07) is 12.4. The Morgan fingerprint density at radius 2 is 2.00 bits per heavy atom. The lowest BCUT2D eigenvalue weighted by atomic mass is 10.1. The number of hydrogen-bond donors (Lipinski definition) is 0. The number of imidazole rings is 1. The van der Waals surface area contributed by atoms with Gasteiger partial charge in [0.25, 0.3) is 0 Å². The molecule has 0 aliphatic heterocycles. The van der Waals surface area contributed by atoms with Crippen LogP contribution in [0.3, 0.4) is 0 Å². The van der Waals surface area contributed by atoms with Gasteiger partial charge in [-0.2, -0.15) is 0 Å². The van der Waals surface area contributed by atoms with E-state index in [9.17, 15) is 0 Å². The average molecular weight is 365 g/mol. The van der Waals surface area contributed by atoms with Gasteiger partial charge in [-0.1, -0.05) is 28.1 Å². The van der Waals surface area contributed by atoms with Gasteiger partial charge in [0.1, 0.15) is 11.3 Å². The monoisotopic (exact) mass is 363 g/mol. The van der Waals surface area contributed by atoms with E-state index in [1.165, 1.54) is 5.56 Å². The molecule has 0 radical (unpaired) electrons. The van der Waals surface area contributed by atoms with Gasteiger partial charge in [-0.15, -0.1) is 11.6 Å². The quantitative estimate of drug-likeness (QED) is 0.634. The SMILES string of the molecule is CC(c1ccc(Br)cc1)n1c(CCCl)nc2cccnc21. The summed E-state index contributed by atoms with van der Waals surface area (Å²) in [7, 11) is 0. The average Bonchev–Trinajstić information content (AvgIpc) is 2.85. The topological polar surface area (TPSA) is 30.7 Å². The van der Waals surface area contributed by atoms with Gasteiger partial charge in [-0.05, 0) is 36.8 Å². The minimum atomic E-state index is 0.163. The number of halogens is 2. The van der Waals surface area contributed by atoms with Crippen LogP contribution < -0.4 is 0 Å². The van der Waals surface area contributed by atoms with Crippen molar-refractivity contribution in [1.82, 2.24) is 14.5 Å². The number of nitrogens with zero attached hydrogens (tertiary/aromatic N) is 3. The number of rotatable bonds is 4. The van der Waals surface area contributed by atoms with Crippen LogP contribution in [0.4, 0.5) is 0 Å². The Balaban J connectivity index is 2.13. The molecular weight excluding hydrogens is 350 g/mol. The molecule has 108 valence electrons. The second-order valence-corrected chi connectivity index (χ2v) is 6.20. The third-order valence-corrected chi connectivity index (χ3v) is 4.30. The minimum absolute atomic E-state index is 0.163. The minimum Gasteiger partial charge on any atom is -0.305 e. The van der Waals surface area contributed by atoms with E-state index in [0.29, 0.717) is 5.88 Å². The van der Waals surface area contributed by atoms with Crippen molar-refractivity contribution >= 4 is 38.7 Å². The van der Waals surface area contributed by atoms with Crippen LogP contribution in [0.5, 0.6) is 0 Å². The van der Waals surface area contributed by atoms with E-state index in [0.717, 1.165) is 27.9 Å². The predicted molar refractivity (Wildman–Crippen MR) is 89.9 cm³/mol. The third kappa shape index (κ3) is 2.83. The number of aryl methyl sites for hydroxylation is 1. The maximum Gasteiger partial charge on any atom is 0.160 e. The van der Waals surface area contributed by atoms with Crippen molar-refractivity contribution in [2.24, 2.45) is 0 Å². The van der Waals surface area contributed by atoms with E-state index in [2.05, 4.69) is 61.7 Å². The Morgan fingerprint density at radius 1 is 1.24 bits per heavy atom. The molecule has 1 unspecified atom stereocenters. The highest BCUT2D eigenvalue weighted by Gasteiger charge is 2.17. The molecule has 5 heteroatoms. The number of benzene rings is 1. The Kier molecular flexibility index (Phi) is 4.27. The van der Waals surface area contributed by atoms with Gasteiger partial charge in [0.15, 0.2) is 5.65 Å². The standard InChI is InChI=1S/C16H15BrClN3/c1-11(12-4-6-13(17)7-5-12)21-15(8-9-18)20-14-3-2-10-19-16(14)21/h2-7,10-11H,8-9H2,1H3. The lowest BCUT2D eigenvalue weighted by molar-refractivity contribution is 0.619. The maximum absolute atomic E-state index is 5.93. The fraction of sp³-hybridized carbons (Fsp3) is 0.250. The van der Waals surface area contributed by atoms with E-state index >= 15 is 0 Å². The van der Waals surface area contributed by atoms with Crippen LogP contribution in [-0.2, 0) is 6.42 Å². The largest absolute Gasteiger partial charge is 0.305 e. The van der Waals surface area contributed by atoms with E-state index in [4.69, 9.17) is 11.6 Å². The van der Waals surface area contributed by atoms with Gasteiger partial charge in [-0.3, -0.25) is 0 Å². The fourth-order valence-electron chi connectivity index (χ4n) is 2.53. The zero-order valence-corrected chi connectivity index (χ0v) is 14.0. The van der Waals surface area contributed by atoms with Crippen molar-refractivity contribution in [3.8, 4) is 0 Å². The van der Waals surface area contributed by atoms with Crippen molar-refractivity contribution in [3.05, 3.63) is 58.5 Å². The van der Waals surface area contributed by atoms with Crippen LogP contribution in [0.15, 0.2) is 47.1 Å². The molecule has 0 bridgehead atoms. The van der Waals surface area contributed by atoms with Crippen LogP contribution in [0.2, 0.25) is 0 Å². The highest BCUT2D eigenvalue weighted by Crippen LogP contribution is 2.26. The number of hydrogen-bond acceptors (Lipinski definition) is 2. The summed E-state index contributed by atoms with van der Waals surface area (Å²) in [5, 5.41) is 0. The van der Waals surface area contributed by atoms with Gasteiger partial charge < -0.3 is 4.57 Å². The second-order valence-electron chi connectivity index (χ2n) is 4.91. The first kappa shape index (κ1) is 14.5. The van der Waals surface area contributed by atoms with Crippen LogP contribution in [-0.4, -0.2) is 20.4 Å². The van der Waals surface area contributed by atoms with Gasteiger partial charge in [0.2, 0.25) is 0 Å². The molecule has 2 heterocycles. The van der Waals surface area contributed by atoms with Crippen molar-refractivity contribution in [3.63, 3.8) is 0 Å². The van der Waals surface area contributed by atoms with Crippen LogP contribution >= 0.6 is 27.5 Å². The molecule has 0 spiro atoms. The Bertz CT molecular complexity index is 752. The van der Waals surface area contributed by atoms with Gasteiger partial charge in [0.05, 0.1) is 6.04 Å². The molecule has 3 nitrogen and oxygen atoms in total. The highest BCUT2D eigenvalue weighted by atomic mass is 79.9. The zero-order chi connectivity index (χ0) is 14.8. The molecule has 0 N–H and O–H groups in total. The van der Waals surface area contributed by atoms with Crippen molar-refractivity contribution in [2.75, 3.05) is 5.88 Å². The molecule has 0 aliphatic rings. The summed E-state index contributed by atoms with van der Waals surface area (Å²) in [5.41, 5.74) is 3.05. The summed E-state index contributed by atoms with van der Waals surface area (Å²) in [6.45, 7) is 2.16. The molecule has 3 aromatic rings. The number of alkyl halides is 1. The molecule has 3 rings (SSSR count). The molecular formula is C16H15BrClN3. The first-order chi connectivity index (χ1) is 10.2. The molecule has 0 amide bonds. The molecule has 2 aromatic heterocycles. The first-order valence-corrected chi connectivity index (χ1v) is 8.16.